The second kappa shape index (κ2) is 5.36. The van der Waals surface area contributed by atoms with Crippen LogP contribution >= 0.6 is 0 Å². The molecule has 0 heterocycles. The van der Waals surface area contributed by atoms with Crippen LogP contribution in [-0.2, 0) is 0 Å². The van der Waals surface area contributed by atoms with Crippen LogP contribution in [0.4, 0.5) is 0 Å². The Kier molecular flexibility index (Phi) is 4.04. The van der Waals surface area contributed by atoms with E-state index in [1.165, 1.54) is 11.1 Å². The number of hydrogen-bond acceptors (Lipinski definition) is 0. The normalized spacial score (nSPS) is 11.3. The molecule has 0 aliphatic carbocycles. The molecule has 0 unspecified atom stereocenters. The van der Waals surface area contributed by atoms with Gasteiger partial charge in [0.25, 0.3) is 0 Å². The second-order valence-corrected chi connectivity index (χ2v) is 3.00. The smallest absolute Gasteiger partial charge is 0.00974 e. The first kappa shape index (κ1) is 9.79. The van der Waals surface area contributed by atoms with Gasteiger partial charge in [0.2, 0.25) is 0 Å². The van der Waals surface area contributed by atoms with E-state index >= 15 is 0 Å². The Balaban J connectivity index is 2.89. The van der Waals surface area contributed by atoms with E-state index in [0.29, 0.717) is 0 Å². The van der Waals surface area contributed by atoms with Crippen molar-refractivity contribution in [3.63, 3.8) is 0 Å². The van der Waals surface area contributed by atoms with Crippen molar-refractivity contribution in [2.75, 3.05) is 0 Å². The number of hydrogen-bond donors (Lipinski definition) is 0. The van der Waals surface area contributed by atoms with Gasteiger partial charge in [-0.25, -0.2) is 0 Å². The maximum Gasteiger partial charge on any atom is -0.00974 e. The molecule has 0 N–H and O–H groups in total. The Bertz CT molecular complexity index is 280. The molecule has 1 aromatic carbocycles. The van der Waals surface area contributed by atoms with E-state index in [4.69, 9.17) is 0 Å². The summed E-state index contributed by atoms with van der Waals surface area (Å²) in [4.78, 5) is 0. The number of benzene rings is 1. The van der Waals surface area contributed by atoms with Gasteiger partial charge >= 0.3 is 0 Å². The minimum absolute atomic E-state index is 0.956. The molecule has 13 heavy (non-hydrogen) atoms. The zero-order chi connectivity index (χ0) is 9.52. The van der Waals surface area contributed by atoms with Gasteiger partial charge in [0.05, 0.1) is 0 Å². The van der Waals surface area contributed by atoms with Crippen LogP contribution in [0.3, 0.4) is 0 Å². The highest BCUT2D eigenvalue weighted by Gasteiger charge is 1.96. The Morgan fingerprint density at radius 2 is 2.00 bits per heavy atom. The average Bonchev–Trinajstić information content (AvgIpc) is 2.19. The molecular formula is C13H16. The van der Waals surface area contributed by atoms with E-state index in [0.717, 1.165) is 12.8 Å². The van der Waals surface area contributed by atoms with E-state index in [9.17, 15) is 0 Å². The number of rotatable bonds is 4. The molecule has 0 amide bonds. The first-order valence-corrected chi connectivity index (χ1v) is 4.73. The standard InChI is InChI=1S/C13H16/c1-3-8-12(9-4-2)13-10-6-5-7-11-13/h3,5-7,9-11H,1,4,8H2,2H3/b12-9-. The zero-order valence-electron chi connectivity index (χ0n) is 8.16. The van der Waals surface area contributed by atoms with Crippen molar-refractivity contribution < 1.29 is 0 Å². The van der Waals surface area contributed by atoms with Crippen LogP contribution in [0.15, 0.2) is 49.1 Å². The highest BCUT2D eigenvalue weighted by Crippen LogP contribution is 2.18. The van der Waals surface area contributed by atoms with Crippen LogP contribution in [0.2, 0.25) is 0 Å². The predicted molar refractivity (Wildman–Crippen MR) is 59.5 cm³/mol. The van der Waals surface area contributed by atoms with Crippen molar-refractivity contribution in [2.45, 2.75) is 19.8 Å². The Morgan fingerprint density at radius 3 is 2.54 bits per heavy atom. The third kappa shape index (κ3) is 2.90. The van der Waals surface area contributed by atoms with E-state index in [2.05, 4.69) is 43.8 Å². The van der Waals surface area contributed by atoms with Gasteiger partial charge in [0, 0.05) is 0 Å². The maximum atomic E-state index is 3.77. The van der Waals surface area contributed by atoms with Crippen molar-refractivity contribution in [3.05, 3.63) is 54.6 Å². The fourth-order valence-electron chi connectivity index (χ4n) is 1.37. The molecule has 68 valence electrons. The van der Waals surface area contributed by atoms with Crippen LogP contribution in [0.1, 0.15) is 25.3 Å². The summed E-state index contributed by atoms with van der Waals surface area (Å²) in [5.41, 5.74) is 2.68. The fraction of sp³-hybridized carbons (Fsp3) is 0.231. The molecule has 0 aliphatic heterocycles. The fourth-order valence-corrected chi connectivity index (χ4v) is 1.37. The van der Waals surface area contributed by atoms with Gasteiger partial charge in [-0.15, -0.1) is 6.58 Å². The minimum Gasteiger partial charge on any atom is -0.103 e. The van der Waals surface area contributed by atoms with Gasteiger partial charge < -0.3 is 0 Å². The molecule has 0 nitrogen and oxygen atoms in total. The second-order valence-electron chi connectivity index (χ2n) is 3.00. The molecule has 0 fully saturated rings. The summed E-state index contributed by atoms with van der Waals surface area (Å²) in [5, 5.41) is 0. The molecule has 0 bridgehead atoms. The molecule has 0 spiro atoms. The van der Waals surface area contributed by atoms with Crippen LogP contribution in [0, 0.1) is 0 Å². The van der Waals surface area contributed by atoms with Gasteiger partial charge in [-0.1, -0.05) is 49.4 Å². The van der Waals surface area contributed by atoms with Gasteiger partial charge in [0.1, 0.15) is 0 Å². The summed E-state index contributed by atoms with van der Waals surface area (Å²) in [7, 11) is 0. The Morgan fingerprint density at radius 1 is 1.31 bits per heavy atom. The minimum atomic E-state index is 0.956. The zero-order valence-corrected chi connectivity index (χ0v) is 8.16. The molecule has 1 aromatic rings. The van der Waals surface area contributed by atoms with Crippen LogP contribution in [0.25, 0.3) is 5.57 Å². The summed E-state index contributed by atoms with van der Waals surface area (Å²) < 4.78 is 0. The van der Waals surface area contributed by atoms with Crippen molar-refractivity contribution in [1.29, 1.82) is 0 Å². The number of allylic oxidation sites excluding steroid dienone is 3. The van der Waals surface area contributed by atoms with Crippen LogP contribution in [0.5, 0.6) is 0 Å². The van der Waals surface area contributed by atoms with Crippen molar-refractivity contribution in [1.82, 2.24) is 0 Å². The van der Waals surface area contributed by atoms with Gasteiger partial charge in [0.15, 0.2) is 0 Å². The lowest BCUT2D eigenvalue weighted by molar-refractivity contribution is 1.21. The van der Waals surface area contributed by atoms with Gasteiger partial charge in [-0.2, -0.15) is 0 Å². The summed E-state index contributed by atoms with van der Waals surface area (Å²) in [6.07, 6.45) is 6.25. The SMILES string of the molecule is C=CC/C(=C/CC)c1ccccc1. The lowest BCUT2D eigenvalue weighted by Gasteiger charge is -2.03. The van der Waals surface area contributed by atoms with Crippen LogP contribution < -0.4 is 0 Å². The summed E-state index contributed by atoms with van der Waals surface area (Å²) in [5.74, 6) is 0. The largest absolute Gasteiger partial charge is 0.103 e. The highest BCUT2D eigenvalue weighted by atomic mass is 14.0. The van der Waals surface area contributed by atoms with Gasteiger partial charge in [-0.3, -0.25) is 0 Å². The highest BCUT2D eigenvalue weighted by molar-refractivity contribution is 5.66. The molecule has 0 aromatic heterocycles. The Hall–Kier alpha value is -1.30. The molecule has 0 radical (unpaired) electrons. The average molecular weight is 172 g/mol. The first-order valence-electron chi connectivity index (χ1n) is 4.73. The van der Waals surface area contributed by atoms with Gasteiger partial charge in [-0.05, 0) is 24.0 Å². The molecule has 0 heteroatoms. The molecule has 1 rings (SSSR count). The molecule has 0 aliphatic rings. The van der Waals surface area contributed by atoms with Crippen molar-refractivity contribution in [2.24, 2.45) is 0 Å². The quantitative estimate of drug-likeness (QED) is 0.601. The lowest BCUT2D eigenvalue weighted by Crippen LogP contribution is -1.81. The summed E-state index contributed by atoms with van der Waals surface area (Å²) in [6, 6.07) is 10.5. The third-order valence-corrected chi connectivity index (χ3v) is 1.96. The van der Waals surface area contributed by atoms with Crippen LogP contribution in [-0.4, -0.2) is 0 Å². The van der Waals surface area contributed by atoms with Crippen molar-refractivity contribution in [3.8, 4) is 0 Å². The van der Waals surface area contributed by atoms with E-state index in [1.807, 2.05) is 12.1 Å². The first-order chi connectivity index (χ1) is 6.38. The van der Waals surface area contributed by atoms with E-state index in [-0.39, 0.29) is 0 Å². The lowest BCUT2D eigenvalue weighted by atomic mass is 10.0. The Labute approximate surface area is 80.6 Å². The van der Waals surface area contributed by atoms with Crippen molar-refractivity contribution >= 4 is 5.57 Å². The third-order valence-electron chi connectivity index (χ3n) is 1.96. The predicted octanol–water partition coefficient (Wildman–Crippen LogP) is 4.06. The van der Waals surface area contributed by atoms with E-state index < -0.39 is 0 Å². The molecule has 0 atom stereocenters. The maximum absolute atomic E-state index is 3.77. The summed E-state index contributed by atoms with van der Waals surface area (Å²) in [6.45, 7) is 5.93. The molecular weight excluding hydrogens is 156 g/mol. The summed E-state index contributed by atoms with van der Waals surface area (Å²) >= 11 is 0. The molecule has 0 saturated carbocycles. The van der Waals surface area contributed by atoms with E-state index in [1.54, 1.807) is 0 Å². The monoisotopic (exact) mass is 172 g/mol. The topological polar surface area (TPSA) is 0 Å². The molecule has 0 saturated heterocycles.